The molecule has 1 aliphatic carbocycles. The maximum atomic E-state index is 11.7. The van der Waals surface area contributed by atoms with Crippen molar-refractivity contribution in [2.75, 3.05) is 13.2 Å². The topological polar surface area (TPSA) is 47.6 Å². The van der Waals surface area contributed by atoms with Crippen LogP contribution in [0, 0.1) is 11.3 Å². The summed E-state index contributed by atoms with van der Waals surface area (Å²) < 4.78 is 11.0. The lowest BCUT2D eigenvalue weighted by Gasteiger charge is -2.17. The largest absolute Gasteiger partial charge is 0.353 e. The van der Waals surface area contributed by atoms with Gasteiger partial charge in [0.2, 0.25) is 5.91 Å². The van der Waals surface area contributed by atoms with Crippen LogP contribution in [0.15, 0.2) is 0 Å². The van der Waals surface area contributed by atoms with Crippen LogP contribution in [0.3, 0.4) is 0 Å². The molecule has 4 heteroatoms. The monoisotopic (exact) mass is 227 g/mol. The van der Waals surface area contributed by atoms with E-state index in [0.717, 1.165) is 6.42 Å². The van der Waals surface area contributed by atoms with Crippen LogP contribution in [-0.2, 0) is 14.3 Å². The first-order valence-corrected chi connectivity index (χ1v) is 5.90. The van der Waals surface area contributed by atoms with Crippen LogP contribution in [0.2, 0.25) is 0 Å². The lowest BCUT2D eigenvalue weighted by atomic mass is 10.1. The number of rotatable bonds is 3. The summed E-state index contributed by atoms with van der Waals surface area (Å²) in [5.41, 5.74) is 0.191. The van der Waals surface area contributed by atoms with Crippen molar-refractivity contribution in [1.29, 1.82) is 0 Å². The van der Waals surface area contributed by atoms with Crippen LogP contribution >= 0.6 is 0 Å². The summed E-state index contributed by atoms with van der Waals surface area (Å²) in [5, 5.41) is 2.94. The molecule has 0 radical (unpaired) electrons. The minimum Gasteiger partial charge on any atom is -0.353 e. The van der Waals surface area contributed by atoms with Gasteiger partial charge in [0.25, 0.3) is 0 Å². The average Bonchev–Trinajstić information content (AvgIpc) is 2.64. The first kappa shape index (κ1) is 11.9. The summed E-state index contributed by atoms with van der Waals surface area (Å²) >= 11 is 0. The van der Waals surface area contributed by atoms with Gasteiger partial charge in [0.05, 0.1) is 6.61 Å². The lowest BCUT2D eigenvalue weighted by molar-refractivity contribution is -0.139. The van der Waals surface area contributed by atoms with Gasteiger partial charge in [0, 0.05) is 12.5 Å². The van der Waals surface area contributed by atoms with E-state index < -0.39 is 5.79 Å². The fraction of sp³-hybridized carbons (Fsp3) is 0.917. The van der Waals surface area contributed by atoms with Gasteiger partial charge in [-0.1, -0.05) is 13.8 Å². The van der Waals surface area contributed by atoms with Crippen molar-refractivity contribution < 1.29 is 14.3 Å². The van der Waals surface area contributed by atoms with E-state index in [0.29, 0.717) is 13.2 Å². The van der Waals surface area contributed by atoms with Gasteiger partial charge >= 0.3 is 0 Å². The van der Waals surface area contributed by atoms with Crippen LogP contribution in [0.1, 0.15) is 34.1 Å². The molecule has 4 nitrogen and oxygen atoms in total. The van der Waals surface area contributed by atoms with E-state index in [1.807, 2.05) is 13.8 Å². The number of carbonyl (C=O) groups excluding carboxylic acids is 1. The molecule has 2 fully saturated rings. The molecular formula is C12H21NO3. The van der Waals surface area contributed by atoms with Crippen molar-refractivity contribution in [2.24, 2.45) is 11.3 Å². The summed E-state index contributed by atoms with van der Waals surface area (Å²) in [6.45, 7) is 9.12. The van der Waals surface area contributed by atoms with Crippen LogP contribution in [0.25, 0.3) is 0 Å². The molecule has 2 unspecified atom stereocenters. The molecule has 1 saturated heterocycles. The van der Waals surface area contributed by atoms with Gasteiger partial charge in [-0.2, -0.15) is 0 Å². The Morgan fingerprint density at radius 1 is 1.38 bits per heavy atom. The van der Waals surface area contributed by atoms with E-state index in [1.165, 1.54) is 0 Å². The van der Waals surface area contributed by atoms with Gasteiger partial charge in [0.15, 0.2) is 5.79 Å². The number of amides is 1. The van der Waals surface area contributed by atoms with Crippen LogP contribution in [0.5, 0.6) is 0 Å². The van der Waals surface area contributed by atoms with E-state index in [1.54, 1.807) is 0 Å². The number of nitrogens with one attached hydrogen (secondary N) is 1. The first-order valence-electron chi connectivity index (χ1n) is 5.90. The highest BCUT2D eigenvalue weighted by molar-refractivity contribution is 5.82. The molecule has 16 heavy (non-hydrogen) atoms. The molecule has 0 spiro atoms. The number of hydrogen-bond acceptors (Lipinski definition) is 3. The van der Waals surface area contributed by atoms with Crippen LogP contribution in [-0.4, -0.2) is 30.9 Å². The second kappa shape index (κ2) is 3.70. The Balaban J connectivity index is 1.71. The van der Waals surface area contributed by atoms with E-state index >= 15 is 0 Å². The third-order valence-electron chi connectivity index (χ3n) is 3.40. The Bertz CT molecular complexity index is 299. The zero-order valence-corrected chi connectivity index (χ0v) is 10.5. The highest BCUT2D eigenvalue weighted by Gasteiger charge is 2.50. The number of hydrogen-bond donors (Lipinski definition) is 1. The molecule has 0 bridgehead atoms. The Hall–Kier alpha value is -0.610. The van der Waals surface area contributed by atoms with E-state index in [9.17, 15) is 4.79 Å². The van der Waals surface area contributed by atoms with Gasteiger partial charge in [-0.15, -0.1) is 0 Å². The van der Waals surface area contributed by atoms with Crippen molar-refractivity contribution >= 4 is 5.91 Å². The molecule has 92 valence electrons. The Morgan fingerprint density at radius 3 is 2.44 bits per heavy atom. The van der Waals surface area contributed by atoms with Crippen molar-refractivity contribution in [2.45, 2.75) is 46.0 Å². The van der Waals surface area contributed by atoms with Crippen molar-refractivity contribution in [3.63, 3.8) is 0 Å². The predicted octanol–water partition coefficient (Wildman–Crippen LogP) is 1.30. The number of ether oxygens (including phenoxy) is 2. The Kier molecular flexibility index (Phi) is 2.75. The molecule has 0 aromatic heterocycles. The molecule has 1 aliphatic heterocycles. The normalized spacial score (nSPS) is 34.8. The lowest BCUT2D eigenvalue weighted by Crippen LogP contribution is -2.35. The summed E-state index contributed by atoms with van der Waals surface area (Å²) in [6.07, 6.45) is 0.979. The highest BCUT2D eigenvalue weighted by atomic mass is 16.7. The maximum absolute atomic E-state index is 11.7. The smallest absolute Gasteiger partial charge is 0.223 e. The van der Waals surface area contributed by atoms with Crippen molar-refractivity contribution in [3.05, 3.63) is 0 Å². The van der Waals surface area contributed by atoms with Crippen LogP contribution in [0.4, 0.5) is 0 Å². The fourth-order valence-electron chi connectivity index (χ4n) is 2.12. The molecule has 2 rings (SSSR count). The molecule has 1 heterocycles. The van der Waals surface area contributed by atoms with Crippen molar-refractivity contribution in [3.8, 4) is 0 Å². The molecule has 1 amide bonds. The average molecular weight is 227 g/mol. The van der Waals surface area contributed by atoms with Gasteiger partial charge in [-0.3, -0.25) is 4.79 Å². The molecule has 2 atom stereocenters. The third-order valence-corrected chi connectivity index (χ3v) is 3.40. The van der Waals surface area contributed by atoms with Gasteiger partial charge < -0.3 is 14.8 Å². The third kappa shape index (κ3) is 2.55. The van der Waals surface area contributed by atoms with E-state index in [4.69, 9.17) is 9.47 Å². The molecule has 0 aromatic carbocycles. The summed E-state index contributed by atoms with van der Waals surface area (Å²) in [7, 11) is 0. The Labute approximate surface area is 96.7 Å². The van der Waals surface area contributed by atoms with E-state index in [2.05, 4.69) is 19.2 Å². The minimum atomic E-state index is -0.506. The fourth-order valence-corrected chi connectivity index (χ4v) is 2.12. The molecular weight excluding hydrogens is 206 g/mol. The summed E-state index contributed by atoms with van der Waals surface area (Å²) in [4.78, 5) is 11.7. The summed E-state index contributed by atoms with van der Waals surface area (Å²) in [6, 6.07) is 0. The molecule has 2 aliphatic rings. The summed E-state index contributed by atoms with van der Waals surface area (Å²) in [5.74, 6) is -0.171. The quantitative estimate of drug-likeness (QED) is 0.790. The zero-order valence-electron chi connectivity index (χ0n) is 10.5. The maximum Gasteiger partial charge on any atom is 0.223 e. The van der Waals surface area contributed by atoms with Gasteiger partial charge in [-0.05, 0) is 25.7 Å². The van der Waals surface area contributed by atoms with Crippen molar-refractivity contribution in [1.82, 2.24) is 5.32 Å². The molecule has 1 N–H and O–H groups in total. The zero-order chi connectivity index (χ0) is 12.0. The SMILES string of the molecule is CC1(C)OCC(CNC(=O)C2CC2(C)C)O1. The standard InChI is InChI=1S/C12H21NO3/c1-11(2)5-9(11)10(14)13-6-8-7-15-12(3,4)16-8/h8-9H,5-7H2,1-4H3,(H,13,14). The highest BCUT2D eigenvalue weighted by Crippen LogP contribution is 2.51. The first-order chi connectivity index (χ1) is 7.30. The predicted molar refractivity (Wildman–Crippen MR) is 59.8 cm³/mol. The molecule has 1 saturated carbocycles. The minimum absolute atomic E-state index is 0.0131. The second-order valence-corrected chi connectivity index (χ2v) is 5.94. The second-order valence-electron chi connectivity index (χ2n) is 5.94. The molecule has 0 aromatic rings. The van der Waals surface area contributed by atoms with Crippen LogP contribution < -0.4 is 5.32 Å². The van der Waals surface area contributed by atoms with E-state index in [-0.39, 0.29) is 23.3 Å². The number of carbonyl (C=O) groups is 1. The van der Waals surface area contributed by atoms with Gasteiger partial charge in [0.1, 0.15) is 6.10 Å². The van der Waals surface area contributed by atoms with Gasteiger partial charge in [-0.25, -0.2) is 0 Å². The Morgan fingerprint density at radius 2 is 2.00 bits per heavy atom.